The molecular formula is C16H22N2O2. The van der Waals surface area contributed by atoms with Crippen LogP contribution in [0.1, 0.15) is 34.8 Å². The molecule has 1 amide bonds. The molecule has 0 aromatic heterocycles. The molecule has 0 bridgehead atoms. The van der Waals surface area contributed by atoms with Crippen molar-refractivity contribution in [1.82, 2.24) is 5.32 Å². The predicted molar refractivity (Wildman–Crippen MR) is 80.5 cm³/mol. The number of methoxy groups -OCH3 is 1. The second-order valence-electron chi connectivity index (χ2n) is 4.69. The maximum absolute atomic E-state index is 12.1. The van der Waals surface area contributed by atoms with Gasteiger partial charge in [0.15, 0.2) is 0 Å². The third-order valence-corrected chi connectivity index (χ3v) is 2.96. The first kappa shape index (κ1) is 16.2. The Labute approximate surface area is 120 Å². The Bertz CT molecular complexity index is 515. The van der Waals surface area contributed by atoms with Gasteiger partial charge in [0.1, 0.15) is 0 Å². The van der Waals surface area contributed by atoms with Crippen LogP contribution in [0.15, 0.2) is 18.2 Å². The summed E-state index contributed by atoms with van der Waals surface area (Å²) in [7, 11) is 1.65. The van der Waals surface area contributed by atoms with Crippen molar-refractivity contribution in [2.24, 2.45) is 5.73 Å². The number of nitrogens with two attached hydrogens (primary N) is 1. The average Bonchev–Trinajstić information content (AvgIpc) is 2.44. The van der Waals surface area contributed by atoms with Crippen LogP contribution in [0.3, 0.4) is 0 Å². The molecule has 1 atom stereocenters. The molecule has 1 unspecified atom stereocenters. The molecule has 0 saturated heterocycles. The number of nitrogens with one attached hydrogen (secondary N) is 1. The van der Waals surface area contributed by atoms with E-state index in [0.717, 1.165) is 17.5 Å². The molecule has 0 aliphatic carbocycles. The maximum Gasteiger partial charge on any atom is 0.251 e. The second-order valence-corrected chi connectivity index (χ2v) is 4.69. The van der Waals surface area contributed by atoms with Crippen LogP contribution in [0.4, 0.5) is 0 Å². The number of hydrogen-bond donors (Lipinski definition) is 2. The molecule has 108 valence electrons. The van der Waals surface area contributed by atoms with Gasteiger partial charge in [-0.1, -0.05) is 17.9 Å². The maximum atomic E-state index is 12.1. The highest BCUT2D eigenvalue weighted by Gasteiger charge is 2.10. The molecule has 20 heavy (non-hydrogen) atoms. The lowest BCUT2D eigenvalue weighted by atomic mass is 10.0. The third-order valence-electron chi connectivity index (χ3n) is 2.96. The van der Waals surface area contributed by atoms with E-state index in [1.165, 1.54) is 0 Å². The average molecular weight is 274 g/mol. The summed E-state index contributed by atoms with van der Waals surface area (Å²) >= 11 is 0. The highest BCUT2D eigenvalue weighted by molar-refractivity contribution is 5.94. The fourth-order valence-electron chi connectivity index (χ4n) is 1.72. The molecule has 0 radical (unpaired) electrons. The quantitative estimate of drug-likeness (QED) is 0.799. The van der Waals surface area contributed by atoms with Crippen LogP contribution in [0.25, 0.3) is 0 Å². The van der Waals surface area contributed by atoms with E-state index < -0.39 is 0 Å². The minimum absolute atomic E-state index is 0.0716. The molecule has 0 aliphatic rings. The number of carbonyl (C=O) groups excluding carboxylic acids is 1. The van der Waals surface area contributed by atoms with Crippen molar-refractivity contribution in [2.75, 3.05) is 20.3 Å². The Morgan fingerprint density at radius 1 is 1.50 bits per heavy atom. The SMILES string of the molecule is COCCC(C)NC(=O)c1ccc(C)c(C#CCN)c1. The number of carbonyl (C=O) groups is 1. The molecule has 0 saturated carbocycles. The van der Waals surface area contributed by atoms with Crippen LogP contribution in [0, 0.1) is 18.8 Å². The van der Waals surface area contributed by atoms with Gasteiger partial charge in [-0.05, 0) is 38.0 Å². The van der Waals surface area contributed by atoms with Gasteiger partial charge in [0.2, 0.25) is 0 Å². The van der Waals surface area contributed by atoms with E-state index in [1.54, 1.807) is 19.2 Å². The molecule has 4 nitrogen and oxygen atoms in total. The first-order valence-electron chi connectivity index (χ1n) is 6.68. The summed E-state index contributed by atoms with van der Waals surface area (Å²) in [4.78, 5) is 12.1. The molecule has 0 fully saturated rings. The number of aryl methyl sites for hydroxylation is 1. The molecular weight excluding hydrogens is 252 g/mol. The second kappa shape index (κ2) is 8.36. The van der Waals surface area contributed by atoms with Gasteiger partial charge in [0.25, 0.3) is 5.91 Å². The lowest BCUT2D eigenvalue weighted by Gasteiger charge is -2.13. The van der Waals surface area contributed by atoms with Gasteiger partial charge in [0.05, 0.1) is 6.54 Å². The van der Waals surface area contributed by atoms with E-state index in [0.29, 0.717) is 18.7 Å². The van der Waals surface area contributed by atoms with E-state index in [-0.39, 0.29) is 11.9 Å². The molecule has 0 heterocycles. The molecule has 1 rings (SSSR count). The first-order chi connectivity index (χ1) is 9.58. The summed E-state index contributed by atoms with van der Waals surface area (Å²) < 4.78 is 5.00. The summed E-state index contributed by atoms with van der Waals surface area (Å²) in [5, 5.41) is 2.94. The van der Waals surface area contributed by atoms with Gasteiger partial charge in [-0.2, -0.15) is 0 Å². The van der Waals surface area contributed by atoms with E-state index in [4.69, 9.17) is 10.5 Å². The zero-order valence-electron chi connectivity index (χ0n) is 12.3. The van der Waals surface area contributed by atoms with Crippen molar-refractivity contribution in [2.45, 2.75) is 26.3 Å². The minimum Gasteiger partial charge on any atom is -0.385 e. The van der Waals surface area contributed by atoms with Gasteiger partial charge in [-0.15, -0.1) is 0 Å². The molecule has 1 aromatic rings. The van der Waals surface area contributed by atoms with Crippen molar-refractivity contribution in [3.05, 3.63) is 34.9 Å². The lowest BCUT2D eigenvalue weighted by molar-refractivity contribution is 0.0929. The summed E-state index contributed by atoms with van der Waals surface area (Å²) in [5.74, 6) is 5.70. The summed E-state index contributed by atoms with van der Waals surface area (Å²) in [6, 6.07) is 5.58. The lowest BCUT2D eigenvalue weighted by Crippen LogP contribution is -2.33. The highest BCUT2D eigenvalue weighted by atomic mass is 16.5. The van der Waals surface area contributed by atoms with Crippen LogP contribution in [0.5, 0.6) is 0 Å². The number of hydrogen-bond acceptors (Lipinski definition) is 3. The number of benzene rings is 1. The predicted octanol–water partition coefficient (Wildman–Crippen LogP) is 1.46. The van der Waals surface area contributed by atoms with E-state index in [9.17, 15) is 4.79 Å². The molecule has 1 aromatic carbocycles. The summed E-state index contributed by atoms with van der Waals surface area (Å²) in [5.41, 5.74) is 7.86. The third kappa shape index (κ3) is 5.04. The smallest absolute Gasteiger partial charge is 0.251 e. The number of rotatable bonds is 5. The monoisotopic (exact) mass is 274 g/mol. The number of ether oxygens (including phenoxy) is 1. The standard InChI is InChI=1S/C16H22N2O2/c1-12-6-7-15(11-14(12)5-4-9-17)16(19)18-13(2)8-10-20-3/h6-7,11,13H,8-10,17H2,1-3H3,(H,18,19). The zero-order valence-corrected chi connectivity index (χ0v) is 12.3. The Morgan fingerprint density at radius 3 is 2.90 bits per heavy atom. The first-order valence-corrected chi connectivity index (χ1v) is 6.68. The Morgan fingerprint density at radius 2 is 2.25 bits per heavy atom. The van der Waals surface area contributed by atoms with E-state index >= 15 is 0 Å². The van der Waals surface area contributed by atoms with Crippen LogP contribution >= 0.6 is 0 Å². The van der Waals surface area contributed by atoms with Crippen molar-refractivity contribution in [3.8, 4) is 11.8 Å². The Hall–Kier alpha value is -1.83. The minimum atomic E-state index is -0.0931. The van der Waals surface area contributed by atoms with Gasteiger partial charge in [-0.3, -0.25) is 4.79 Å². The van der Waals surface area contributed by atoms with Crippen LogP contribution < -0.4 is 11.1 Å². The van der Waals surface area contributed by atoms with Gasteiger partial charge in [-0.25, -0.2) is 0 Å². The molecule has 4 heteroatoms. The molecule has 0 spiro atoms. The van der Waals surface area contributed by atoms with Crippen LogP contribution in [0.2, 0.25) is 0 Å². The van der Waals surface area contributed by atoms with Crippen LogP contribution in [-0.2, 0) is 4.74 Å². The summed E-state index contributed by atoms with van der Waals surface area (Å²) in [6.07, 6.45) is 0.786. The van der Waals surface area contributed by atoms with E-state index in [1.807, 2.05) is 19.9 Å². The van der Waals surface area contributed by atoms with Crippen molar-refractivity contribution in [3.63, 3.8) is 0 Å². The fraction of sp³-hybridized carbons (Fsp3) is 0.438. The Balaban J connectivity index is 2.78. The number of amides is 1. The molecule has 0 aliphatic heterocycles. The zero-order chi connectivity index (χ0) is 15.0. The fourth-order valence-corrected chi connectivity index (χ4v) is 1.72. The van der Waals surface area contributed by atoms with E-state index in [2.05, 4.69) is 17.2 Å². The van der Waals surface area contributed by atoms with Crippen molar-refractivity contribution < 1.29 is 9.53 Å². The van der Waals surface area contributed by atoms with Gasteiger partial charge < -0.3 is 15.8 Å². The normalized spacial score (nSPS) is 11.4. The highest BCUT2D eigenvalue weighted by Crippen LogP contribution is 2.10. The Kier molecular flexibility index (Phi) is 6.78. The summed E-state index contributed by atoms with van der Waals surface area (Å²) in [6.45, 7) is 4.86. The topological polar surface area (TPSA) is 64.3 Å². The van der Waals surface area contributed by atoms with Crippen molar-refractivity contribution in [1.29, 1.82) is 0 Å². The van der Waals surface area contributed by atoms with Gasteiger partial charge in [0, 0.05) is 30.9 Å². The van der Waals surface area contributed by atoms with Gasteiger partial charge >= 0.3 is 0 Å². The van der Waals surface area contributed by atoms with Crippen molar-refractivity contribution >= 4 is 5.91 Å². The molecule has 3 N–H and O–H groups in total. The largest absolute Gasteiger partial charge is 0.385 e. The van der Waals surface area contributed by atoms with Crippen LogP contribution in [-0.4, -0.2) is 32.2 Å².